The molecule has 1 rings (SSSR count). The standard InChI is InChI=1S/C17H20N2O3.Na/c1-4-9-22-16-11-15(19(5-2)6-3)8-7-13(16)10-14(12-18)17(20)21;/h4,7-8,10-11H,1,5-6,9H2,2-3H3,(H,20,21);/q;+1/p-1/b14-10+;. The van der Waals surface area contributed by atoms with Crippen LogP contribution in [0.1, 0.15) is 19.4 Å². The van der Waals surface area contributed by atoms with Crippen molar-refractivity contribution in [2.24, 2.45) is 0 Å². The van der Waals surface area contributed by atoms with Crippen molar-refractivity contribution in [2.75, 3.05) is 24.6 Å². The van der Waals surface area contributed by atoms with Gasteiger partial charge in [-0.25, -0.2) is 0 Å². The zero-order valence-electron chi connectivity index (χ0n) is 13.8. The summed E-state index contributed by atoms with van der Waals surface area (Å²) in [4.78, 5) is 13.0. The number of aliphatic carboxylic acids is 1. The minimum Gasteiger partial charge on any atom is -0.544 e. The first kappa shape index (κ1) is 21.3. The second-order valence-electron chi connectivity index (χ2n) is 4.45. The van der Waals surface area contributed by atoms with Crippen LogP contribution in [0, 0.1) is 11.3 Å². The zero-order valence-corrected chi connectivity index (χ0v) is 15.8. The number of rotatable bonds is 8. The van der Waals surface area contributed by atoms with E-state index in [1.807, 2.05) is 26.0 Å². The number of benzene rings is 1. The molecule has 0 aliphatic rings. The summed E-state index contributed by atoms with van der Waals surface area (Å²) in [5.74, 6) is -1.01. The quantitative estimate of drug-likeness (QED) is 0.259. The van der Waals surface area contributed by atoms with E-state index in [-0.39, 0.29) is 36.2 Å². The molecule has 0 fully saturated rings. The molecule has 1 aromatic rings. The van der Waals surface area contributed by atoms with E-state index in [9.17, 15) is 9.90 Å². The largest absolute Gasteiger partial charge is 1.00 e. The van der Waals surface area contributed by atoms with Crippen LogP contribution in [0.2, 0.25) is 0 Å². The van der Waals surface area contributed by atoms with Crippen molar-refractivity contribution >= 4 is 17.7 Å². The number of carboxylic acid groups (broad SMARTS) is 1. The van der Waals surface area contributed by atoms with Crippen LogP contribution in [0.3, 0.4) is 0 Å². The first-order chi connectivity index (χ1) is 10.6. The Bertz CT molecular complexity index is 617. The Morgan fingerprint density at radius 2 is 2.09 bits per heavy atom. The fourth-order valence-electron chi connectivity index (χ4n) is 1.99. The summed E-state index contributed by atoms with van der Waals surface area (Å²) >= 11 is 0. The predicted octanol–water partition coefficient (Wildman–Crippen LogP) is -1.24. The number of ether oxygens (including phenoxy) is 1. The molecule has 0 heterocycles. The van der Waals surface area contributed by atoms with Crippen LogP contribution in [0.25, 0.3) is 6.08 Å². The third-order valence-electron chi connectivity index (χ3n) is 3.12. The summed E-state index contributed by atoms with van der Waals surface area (Å²) < 4.78 is 5.58. The molecule has 0 saturated carbocycles. The van der Waals surface area contributed by atoms with Gasteiger partial charge in [-0.1, -0.05) is 12.7 Å². The number of carbonyl (C=O) groups is 1. The first-order valence-corrected chi connectivity index (χ1v) is 7.03. The van der Waals surface area contributed by atoms with Crippen molar-refractivity contribution in [3.63, 3.8) is 0 Å². The Hall–Kier alpha value is -1.74. The topological polar surface area (TPSA) is 76.4 Å². The molecule has 23 heavy (non-hydrogen) atoms. The van der Waals surface area contributed by atoms with Crippen molar-refractivity contribution in [1.29, 1.82) is 5.26 Å². The van der Waals surface area contributed by atoms with Gasteiger partial charge in [-0.05, 0) is 32.1 Å². The Kier molecular flexibility index (Phi) is 10.1. The van der Waals surface area contributed by atoms with E-state index in [0.717, 1.165) is 18.8 Å². The fourth-order valence-corrected chi connectivity index (χ4v) is 1.99. The molecule has 1 aromatic carbocycles. The molecule has 116 valence electrons. The van der Waals surface area contributed by atoms with E-state index in [0.29, 0.717) is 11.3 Å². The summed E-state index contributed by atoms with van der Waals surface area (Å²) in [5.41, 5.74) is 1.03. The number of hydrogen-bond donors (Lipinski definition) is 0. The Morgan fingerprint density at radius 1 is 1.43 bits per heavy atom. The molecule has 0 amide bonds. The molecule has 0 saturated heterocycles. The molecule has 0 aliphatic heterocycles. The van der Waals surface area contributed by atoms with Crippen molar-refractivity contribution in [3.8, 4) is 11.8 Å². The van der Waals surface area contributed by atoms with E-state index in [2.05, 4.69) is 11.5 Å². The summed E-state index contributed by atoms with van der Waals surface area (Å²) in [6.45, 7) is 9.66. The van der Waals surface area contributed by atoms with Gasteiger partial charge in [0, 0.05) is 30.4 Å². The summed E-state index contributed by atoms with van der Waals surface area (Å²) in [7, 11) is 0. The fraction of sp³-hybridized carbons (Fsp3) is 0.294. The molecule has 0 radical (unpaired) electrons. The molecule has 0 aromatic heterocycles. The molecular formula is C17H19N2NaO3. The van der Waals surface area contributed by atoms with Gasteiger partial charge in [-0.2, -0.15) is 5.26 Å². The van der Waals surface area contributed by atoms with Gasteiger partial charge >= 0.3 is 29.6 Å². The smallest absolute Gasteiger partial charge is 0.544 e. The van der Waals surface area contributed by atoms with Crippen LogP contribution in [0.5, 0.6) is 5.75 Å². The van der Waals surface area contributed by atoms with E-state index in [1.165, 1.54) is 6.08 Å². The van der Waals surface area contributed by atoms with Crippen LogP contribution >= 0.6 is 0 Å². The second-order valence-corrected chi connectivity index (χ2v) is 4.45. The van der Waals surface area contributed by atoms with E-state index < -0.39 is 11.5 Å². The number of carbonyl (C=O) groups excluding carboxylic acids is 1. The van der Waals surface area contributed by atoms with Crippen molar-refractivity contribution in [1.82, 2.24) is 0 Å². The van der Waals surface area contributed by atoms with Crippen molar-refractivity contribution in [2.45, 2.75) is 13.8 Å². The molecule has 0 spiro atoms. The number of nitriles is 1. The zero-order chi connectivity index (χ0) is 16.5. The number of carboxylic acids is 1. The van der Waals surface area contributed by atoms with E-state index in [4.69, 9.17) is 10.00 Å². The Morgan fingerprint density at radius 3 is 2.57 bits per heavy atom. The monoisotopic (exact) mass is 322 g/mol. The van der Waals surface area contributed by atoms with Gasteiger partial charge in [0.2, 0.25) is 0 Å². The van der Waals surface area contributed by atoms with Crippen molar-refractivity contribution < 1.29 is 44.2 Å². The molecule has 6 heteroatoms. The maximum atomic E-state index is 10.9. The number of hydrogen-bond acceptors (Lipinski definition) is 5. The van der Waals surface area contributed by atoms with Gasteiger partial charge < -0.3 is 19.5 Å². The third-order valence-corrected chi connectivity index (χ3v) is 3.12. The first-order valence-electron chi connectivity index (χ1n) is 7.03. The number of anilines is 1. The summed E-state index contributed by atoms with van der Waals surface area (Å²) in [5, 5.41) is 19.7. The van der Waals surface area contributed by atoms with E-state index in [1.54, 1.807) is 18.2 Å². The molecular weight excluding hydrogens is 303 g/mol. The predicted molar refractivity (Wildman–Crippen MR) is 84.3 cm³/mol. The van der Waals surface area contributed by atoms with Crippen LogP contribution < -0.4 is 44.3 Å². The van der Waals surface area contributed by atoms with E-state index >= 15 is 0 Å². The molecule has 0 N–H and O–H groups in total. The minimum atomic E-state index is -1.51. The third kappa shape index (κ3) is 6.11. The van der Waals surface area contributed by atoms with Crippen LogP contribution in [0.15, 0.2) is 36.4 Å². The average Bonchev–Trinajstić information content (AvgIpc) is 2.52. The van der Waals surface area contributed by atoms with Crippen LogP contribution in [0.4, 0.5) is 5.69 Å². The second kappa shape index (κ2) is 10.9. The van der Waals surface area contributed by atoms with Gasteiger partial charge in [0.1, 0.15) is 18.4 Å². The maximum Gasteiger partial charge on any atom is 1.00 e. The van der Waals surface area contributed by atoms with Crippen LogP contribution in [-0.4, -0.2) is 25.7 Å². The van der Waals surface area contributed by atoms with Crippen molar-refractivity contribution in [3.05, 3.63) is 42.0 Å². The summed E-state index contributed by atoms with van der Waals surface area (Å²) in [6, 6.07) is 7.03. The Labute approximate surface area is 159 Å². The summed E-state index contributed by atoms with van der Waals surface area (Å²) in [6.07, 6.45) is 2.85. The van der Waals surface area contributed by atoms with Crippen LogP contribution in [-0.2, 0) is 4.79 Å². The maximum absolute atomic E-state index is 10.9. The minimum absolute atomic E-state index is 0. The molecule has 0 unspecified atom stereocenters. The van der Waals surface area contributed by atoms with Gasteiger partial charge in [-0.15, -0.1) is 0 Å². The normalized spacial score (nSPS) is 10.2. The van der Waals surface area contributed by atoms with Gasteiger partial charge in [0.05, 0.1) is 11.5 Å². The van der Waals surface area contributed by atoms with Gasteiger partial charge in [0.15, 0.2) is 0 Å². The van der Waals surface area contributed by atoms with Gasteiger partial charge in [-0.3, -0.25) is 0 Å². The van der Waals surface area contributed by atoms with Gasteiger partial charge in [0.25, 0.3) is 0 Å². The Balaban J connectivity index is 0.00000484. The molecule has 0 aliphatic carbocycles. The average molecular weight is 322 g/mol. The molecule has 5 nitrogen and oxygen atoms in total. The SMILES string of the molecule is C=CCOc1cc(N(CC)CC)ccc1/C=C(\C#N)C(=O)[O-].[Na+]. The molecule has 0 atom stereocenters. The number of nitrogens with zero attached hydrogens (tertiary/aromatic N) is 2. The molecule has 0 bridgehead atoms.